The second-order valence-electron chi connectivity index (χ2n) is 4.28. The molecule has 0 amide bonds. The molecule has 4 nitrogen and oxygen atoms in total. The molecule has 1 aromatic carbocycles. The van der Waals surface area contributed by atoms with E-state index in [1.807, 2.05) is 39.1 Å². The molecule has 0 spiro atoms. The van der Waals surface area contributed by atoms with Crippen LogP contribution in [0.4, 0.5) is 5.69 Å². The molecule has 0 aliphatic carbocycles. The van der Waals surface area contributed by atoms with Crippen LogP contribution in [0, 0.1) is 13.8 Å². The Hall–Kier alpha value is -1.68. The minimum atomic E-state index is 0.374. The molecule has 0 aliphatic rings. The Morgan fingerprint density at radius 2 is 2.11 bits per heavy atom. The second kappa shape index (κ2) is 4.90. The Morgan fingerprint density at radius 3 is 2.67 bits per heavy atom. The highest BCUT2D eigenvalue weighted by Gasteiger charge is 2.11. The first-order chi connectivity index (χ1) is 8.49. The van der Waals surface area contributed by atoms with Crippen molar-refractivity contribution in [2.75, 3.05) is 5.73 Å². The molecule has 2 N–H and O–H groups in total. The number of rotatable bonds is 3. The van der Waals surface area contributed by atoms with Gasteiger partial charge in [0.1, 0.15) is 12.4 Å². The smallest absolute Gasteiger partial charge is 0.131 e. The minimum absolute atomic E-state index is 0.374. The second-order valence-corrected chi connectivity index (χ2v) is 4.65. The monoisotopic (exact) mass is 265 g/mol. The standard InChI is InChI=1S/C13H16ClN3O/c1-8-4-5-10(6-11(8)15)18-7-12-13(14)9(2)16-17(12)3/h4-6H,7,15H2,1-3H3. The molecule has 0 bridgehead atoms. The quantitative estimate of drug-likeness (QED) is 0.869. The zero-order valence-corrected chi connectivity index (χ0v) is 11.5. The normalized spacial score (nSPS) is 10.7. The lowest BCUT2D eigenvalue weighted by molar-refractivity contribution is 0.295. The van der Waals surface area contributed by atoms with Crippen molar-refractivity contribution in [1.82, 2.24) is 9.78 Å². The average Bonchev–Trinajstić information content (AvgIpc) is 2.56. The number of benzene rings is 1. The predicted octanol–water partition coefficient (Wildman–Crippen LogP) is 2.85. The lowest BCUT2D eigenvalue weighted by Gasteiger charge is -2.08. The summed E-state index contributed by atoms with van der Waals surface area (Å²) in [7, 11) is 1.85. The summed E-state index contributed by atoms with van der Waals surface area (Å²) < 4.78 is 7.41. The summed E-state index contributed by atoms with van der Waals surface area (Å²) in [5.74, 6) is 0.730. The fourth-order valence-corrected chi connectivity index (χ4v) is 1.91. The van der Waals surface area contributed by atoms with Gasteiger partial charge in [0.15, 0.2) is 0 Å². The third-order valence-corrected chi connectivity index (χ3v) is 3.38. The van der Waals surface area contributed by atoms with E-state index in [1.165, 1.54) is 0 Å². The molecule has 0 aliphatic heterocycles. The summed E-state index contributed by atoms with van der Waals surface area (Å²) in [5.41, 5.74) is 9.25. The van der Waals surface area contributed by atoms with E-state index in [2.05, 4.69) is 5.10 Å². The van der Waals surface area contributed by atoms with Crippen LogP contribution in [-0.4, -0.2) is 9.78 Å². The van der Waals surface area contributed by atoms with Crippen LogP contribution in [0.1, 0.15) is 17.0 Å². The van der Waals surface area contributed by atoms with Crippen molar-refractivity contribution < 1.29 is 4.74 Å². The van der Waals surface area contributed by atoms with Gasteiger partial charge >= 0.3 is 0 Å². The maximum absolute atomic E-state index is 6.15. The molecule has 96 valence electrons. The topological polar surface area (TPSA) is 53.1 Å². The molecule has 0 unspecified atom stereocenters. The van der Waals surface area contributed by atoms with Gasteiger partial charge in [-0.1, -0.05) is 17.7 Å². The van der Waals surface area contributed by atoms with Crippen LogP contribution in [0.25, 0.3) is 0 Å². The summed E-state index contributed by atoms with van der Waals surface area (Å²) in [4.78, 5) is 0. The molecular formula is C13H16ClN3O. The predicted molar refractivity (Wildman–Crippen MR) is 72.9 cm³/mol. The first-order valence-electron chi connectivity index (χ1n) is 5.66. The summed E-state index contributed by atoms with van der Waals surface area (Å²) >= 11 is 6.15. The average molecular weight is 266 g/mol. The van der Waals surface area contributed by atoms with E-state index in [0.29, 0.717) is 11.6 Å². The lowest BCUT2D eigenvalue weighted by atomic mass is 10.2. The van der Waals surface area contributed by atoms with E-state index < -0.39 is 0 Å². The molecule has 0 fully saturated rings. The number of hydrogen-bond acceptors (Lipinski definition) is 3. The first-order valence-corrected chi connectivity index (χ1v) is 6.03. The van der Waals surface area contributed by atoms with Crippen LogP contribution >= 0.6 is 11.6 Å². The van der Waals surface area contributed by atoms with Gasteiger partial charge in [0.25, 0.3) is 0 Å². The van der Waals surface area contributed by atoms with Crippen molar-refractivity contribution in [3.8, 4) is 5.75 Å². The van der Waals surface area contributed by atoms with Crippen LogP contribution in [0.3, 0.4) is 0 Å². The number of hydrogen-bond donors (Lipinski definition) is 1. The number of anilines is 1. The zero-order valence-electron chi connectivity index (χ0n) is 10.7. The molecule has 1 aromatic heterocycles. The Balaban J connectivity index is 2.14. The third kappa shape index (κ3) is 2.43. The Labute approximate surface area is 111 Å². The molecule has 2 rings (SSSR count). The molecule has 0 saturated carbocycles. The first kappa shape index (κ1) is 12.8. The molecule has 1 heterocycles. The number of halogens is 1. The number of aryl methyl sites for hydroxylation is 3. The summed E-state index contributed by atoms with van der Waals surface area (Å²) in [5, 5.41) is 4.89. The van der Waals surface area contributed by atoms with Gasteiger partial charge in [0.2, 0.25) is 0 Å². The highest BCUT2D eigenvalue weighted by Crippen LogP contribution is 2.23. The SMILES string of the molecule is Cc1ccc(OCc2c(Cl)c(C)nn2C)cc1N. The van der Waals surface area contributed by atoms with Crippen LogP contribution in [0.5, 0.6) is 5.75 Å². The number of nitrogens with zero attached hydrogens (tertiary/aromatic N) is 2. The highest BCUT2D eigenvalue weighted by atomic mass is 35.5. The summed E-state index contributed by atoms with van der Waals surface area (Å²) in [6.45, 7) is 4.20. The largest absolute Gasteiger partial charge is 0.487 e. The molecular weight excluding hydrogens is 250 g/mol. The van der Waals surface area contributed by atoms with E-state index in [4.69, 9.17) is 22.1 Å². The maximum Gasteiger partial charge on any atom is 0.131 e. The van der Waals surface area contributed by atoms with E-state index in [9.17, 15) is 0 Å². The molecule has 18 heavy (non-hydrogen) atoms. The maximum atomic E-state index is 6.15. The van der Waals surface area contributed by atoms with Crippen LogP contribution in [-0.2, 0) is 13.7 Å². The number of aromatic nitrogens is 2. The van der Waals surface area contributed by atoms with Crippen molar-refractivity contribution in [3.63, 3.8) is 0 Å². The van der Waals surface area contributed by atoms with Crippen LogP contribution in [0.2, 0.25) is 5.02 Å². The van der Waals surface area contributed by atoms with E-state index >= 15 is 0 Å². The number of ether oxygens (including phenoxy) is 1. The Kier molecular flexibility index (Phi) is 3.48. The van der Waals surface area contributed by atoms with E-state index in [-0.39, 0.29) is 0 Å². The fraction of sp³-hybridized carbons (Fsp3) is 0.308. The van der Waals surface area contributed by atoms with Gasteiger partial charge in [0.05, 0.1) is 16.4 Å². The molecule has 5 heteroatoms. The van der Waals surface area contributed by atoms with Gasteiger partial charge in [-0.15, -0.1) is 0 Å². The number of nitrogens with two attached hydrogens (primary N) is 1. The van der Waals surface area contributed by atoms with Gasteiger partial charge < -0.3 is 10.5 Å². The van der Waals surface area contributed by atoms with E-state index in [0.717, 1.165) is 28.4 Å². The van der Waals surface area contributed by atoms with Crippen molar-refractivity contribution in [1.29, 1.82) is 0 Å². The van der Waals surface area contributed by atoms with Gasteiger partial charge in [-0.3, -0.25) is 4.68 Å². The van der Waals surface area contributed by atoms with Crippen LogP contribution in [0.15, 0.2) is 18.2 Å². The molecule has 0 atom stereocenters. The van der Waals surface area contributed by atoms with Crippen molar-refractivity contribution in [2.45, 2.75) is 20.5 Å². The molecule has 2 aromatic rings. The third-order valence-electron chi connectivity index (χ3n) is 2.89. The van der Waals surface area contributed by atoms with E-state index in [1.54, 1.807) is 4.68 Å². The summed E-state index contributed by atoms with van der Waals surface area (Å²) in [6, 6.07) is 5.63. The van der Waals surface area contributed by atoms with Gasteiger partial charge in [-0.25, -0.2) is 0 Å². The van der Waals surface area contributed by atoms with Crippen molar-refractivity contribution in [2.24, 2.45) is 7.05 Å². The highest BCUT2D eigenvalue weighted by molar-refractivity contribution is 6.31. The summed E-state index contributed by atoms with van der Waals surface area (Å²) in [6.07, 6.45) is 0. The van der Waals surface area contributed by atoms with Crippen molar-refractivity contribution >= 4 is 17.3 Å². The Morgan fingerprint density at radius 1 is 1.39 bits per heavy atom. The van der Waals surface area contributed by atoms with Gasteiger partial charge in [0, 0.05) is 18.8 Å². The fourth-order valence-electron chi connectivity index (χ4n) is 1.70. The Bertz CT molecular complexity index is 578. The van der Waals surface area contributed by atoms with Gasteiger partial charge in [-0.2, -0.15) is 5.10 Å². The zero-order chi connectivity index (χ0) is 13.3. The molecule has 0 saturated heterocycles. The lowest BCUT2D eigenvalue weighted by Crippen LogP contribution is -2.04. The molecule has 0 radical (unpaired) electrons. The number of nitrogen functional groups attached to an aromatic ring is 1. The van der Waals surface area contributed by atoms with Crippen molar-refractivity contribution in [3.05, 3.63) is 40.2 Å². The minimum Gasteiger partial charge on any atom is -0.487 e. The van der Waals surface area contributed by atoms with Gasteiger partial charge in [-0.05, 0) is 25.5 Å². The van der Waals surface area contributed by atoms with Crippen LogP contribution < -0.4 is 10.5 Å².